The highest BCUT2D eigenvalue weighted by molar-refractivity contribution is 7.92. The highest BCUT2D eigenvalue weighted by Gasteiger charge is 2.21. The Balaban J connectivity index is 2.42. The number of hydrogen-bond acceptors (Lipinski definition) is 4. The second kappa shape index (κ2) is 6.78. The molecular weight excluding hydrogens is 361 g/mol. The van der Waals surface area contributed by atoms with Crippen LogP contribution in [0.5, 0.6) is 0 Å². The van der Waals surface area contributed by atoms with Crippen molar-refractivity contribution in [2.75, 3.05) is 11.8 Å². The summed E-state index contributed by atoms with van der Waals surface area (Å²) in [5.41, 5.74) is 1.19. The Morgan fingerprint density at radius 1 is 1.09 bits per heavy atom. The molecule has 2 aromatic rings. The minimum Gasteiger partial charge on any atom is -0.465 e. The van der Waals surface area contributed by atoms with Crippen LogP contribution >= 0.6 is 23.2 Å². The lowest BCUT2D eigenvalue weighted by Gasteiger charge is -2.11. The van der Waals surface area contributed by atoms with Gasteiger partial charge in [-0.25, -0.2) is 13.2 Å². The van der Waals surface area contributed by atoms with Gasteiger partial charge in [0.1, 0.15) is 4.90 Å². The lowest BCUT2D eigenvalue weighted by molar-refractivity contribution is 0.0600. The van der Waals surface area contributed by atoms with Crippen molar-refractivity contribution in [2.45, 2.75) is 11.8 Å². The molecule has 0 unspecified atom stereocenters. The number of rotatable bonds is 4. The number of benzene rings is 2. The summed E-state index contributed by atoms with van der Waals surface area (Å²) in [6, 6.07) is 8.63. The van der Waals surface area contributed by atoms with E-state index in [0.29, 0.717) is 10.7 Å². The van der Waals surface area contributed by atoms with Gasteiger partial charge in [0.05, 0.1) is 23.4 Å². The van der Waals surface area contributed by atoms with Crippen molar-refractivity contribution in [2.24, 2.45) is 0 Å². The average Bonchev–Trinajstić information content (AvgIpc) is 2.50. The summed E-state index contributed by atoms with van der Waals surface area (Å²) < 4.78 is 31.9. The van der Waals surface area contributed by atoms with Gasteiger partial charge in [0, 0.05) is 5.02 Å². The first kappa shape index (κ1) is 17.6. The fourth-order valence-electron chi connectivity index (χ4n) is 1.82. The van der Waals surface area contributed by atoms with Gasteiger partial charge in [-0.2, -0.15) is 0 Å². The number of methoxy groups -OCH3 is 1. The van der Waals surface area contributed by atoms with Crippen LogP contribution < -0.4 is 4.72 Å². The molecule has 0 saturated heterocycles. The van der Waals surface area contributed by atoms with Gasteiger partial charge in [0.15, 0.2) is 0 Å². The maximum absolute atomic E-state index is 12.5. The maximum Gasteiger partial charge on any atom is 0.337 e. The molecule has 23 heavy (non-hydrogen) atoms. The van der Waals surface area contributed by atoms with Gasteiger partial charge in [0.2, 0.25) is 0 Å². The molecule has 0 atom stereocenters. The van der Waals surface area contributed by atoms with Crippen molar-refractivity contribution in [3.8, 4) is 0 Å². The number of anilines is 1. The summed E-state index contributed by atoms with van der Waals surface area (Å²) >= 11 is 11.9. The Hall–Kier alpha value is -1.76. The Labute approximate surface area is 144 Å². The first-order valence-corrected chi connectivity index (χ1v) is 8.65. The molecule has 0 amide bonds. The number of carbonyl (C=O) groups is 1. The van der Waals surface area contributed by atoms with Crippen LogP contribution in [0.25, 0.3) is 0 Å². The molecule has 0 bridgehead atoms. The van der Waals surface area contributed by atoms with Crippen LogP contribution in [0, 0.1) is 6.92 Å². The van der Waals surface area contributed by atoms with E-state index in [4.69, 9.17) is 23.2 Å². The van der Waals surface area contributed by atoms with Crippen molar-refractivity contribution in [1.29, 1.82) is 0 Å². The lowest BCUT2D eigenvalue weighted by atomic mass is 10.2. The number of carbonyl (C=O) groups excluding carboxylic acids is 1. The monoisotopic (exact) mass is 373 g/mol. The fourth-order valence-corrected chi connectivity index (χ4v) is 3.58. The van der Waals surface area contributed by atoms with Crippen molar-refractivity contribution < 1.29 is 17.9 Å². The highest BCUT2D eigenvalue weighted by Crippen LogP contribution is 2.27. The second-order valence-corrected chi connectivity index (χ2v) is 7.17. The predicted octanol–water partition coefficient (Wildman–Crippen LogP) is 3.89. The molecule has 2 rings (SSSR count). The molecule has 0 aliphatic rings. The molecule has 0 aromatic heterocycles. The molecule has 0 aliphatic carbocycles. The van der Waals surface area contributed by atoms with Crippen LogP contribution in [0.2, 0.25) is 10.0 Å². The van der Waals surface area contributed by atoms with E-state index >= 15 is 0 Å². The van der Waals surface area contributed by atoms with Gasteiger partial charge in [-0.1, -0.05) is 29.3 Å². The van der Waals surface area contributed by atoms with Gasteiger partial charge in [-0.3, -0.25) is 4.72 Å². The first-order valence-electron chi connectivity index (χ1n) is 6.41. The standard InChI is InChI=1S/C15H13Cl2NO4S/c1-9-3-5-11(8-13(9)17)18-23(20,21)14-7-10(15(19)22-2)4-6-12(14)16/h3-8,18H,1-2H3. The van der Waals surface area contributed by atoms with Crippen LogP contribution in [-0.4, -0.2) is 21.5 Å². The topological polar surface area (TPSA) is 72.5 Å². The molecule has 1 N–H and O–H groups in total. The Morgan fingerprint density at radius 2 is 1.78 bits per heavy atom. The number of aryl methyl sites for hydroxylation is 1. The zero-order chi connectivity index (χ0) is 17.2. The SMILES string of the molecule is COC(=O)c1ccc(Cl)c(S(=O)(=O)Nc2ccc(C)c(Cl)c2)c1. The van der Waals surface area contributed by atoms with E-state index in [2.05, 4.69) is 9.46 Å². The smallest absolute Gasteiger partial charge is 0.337 e. The molecule has 0 fully saturated rings. The van der Waals surface area contributed by atoms with Gasteiger partial charge in [0.25, 0.3) is 10.0 Å². The Morgan fingerprint density at radius 3 is 2.39 bits per heavy atom. The molecule has 0 aliphatic heterocycles. The minimum absolute atomic E-state index is 0.0108. The number of halogens is 2. The van der Waals surface area contributed by atoms with E-state index in [-0.39, 0.29) is 15.5 Å². The number of ether oxygens (including phenoxy) is 1. The van der Waals surface area contributed by atoms with Gasteiger partial charge in [-0.05, 0) is 42.8 Å². The maximum atomic E-state index is 12.5. The van der Waals surface area contributed by atoms with Crippen LogP contribution in [0.3, 0.4) is 0 Å². The lowest BCUT2D eigenvalue weighted by Crippen LogP contribution is -2.14. The van der Waals surface area contributed by atoms with E-state index in [1.165, 1.54) is 25.3 Å². The fraction of sp³-hybridized carbons (Fsp3) is 0.133. The van der Waals surface area contributed by atoms with Crippen LogP contribution in [0.4, 0.5) is 5.69 Å². The summed E-state index contributed by atoms with van der Waals surface area (Å²) in [4.78, 5) is 11.3. The second-order valence-electron chi connectivity index (χ2n) is 4.71. The highest BCUT2D eigenvalue weighted by atomic mass is 35.5. The number of sulfonamides is 1. The predicted molar refractivity (Wildman–Crippen MR) is 89.8 cm³/mol. The van der Waals surface area contributed by atoms with Gasteiger partial charge < -0.3 is 4.74 Å². The number of esters is 1. The quantitative estimate of drug-likeness (QED) is 0.825. The third-order valence-corrected chi connectivity index (χ3v) is 5.34. The average molecular weight is 374 g/mol. The molecule has 0 heterocycles. The van der Waals surface area contributed by atoms with Gasteiger partial charge >= 0.3 is 5.97 Å². The van der Waals surface area contributed by atoms with Crippen LogP contribution in [-0.2, 0) is 14.8 Å². The summed E-state index contributed by atoms with van der Waals surface area (Å²) in [6.07, 6.45) is 0. The molecule has 122 valence electrons. The third-order valence-electron chi connectivity index (χ3n) is 3.07. The molecule has 0 saturated carbocycles. The normalized spacial score (nSPS) is 11.1. The molecule has 0 spiro atoms. The summed E-state index contributed by atoms with van der Waals surface area (Å²) in [5, 5.41) is 0.419. The van der Waals surface area contributed by atoms with Crippen LogP contribution in [0.1, 0.15) is 15.9 Å². The summed E-state index contributed by atoms with van der Waals surface area (Å²) in [7, 11) is -2.78. The van der Waals surface area contributed by atoms with Crippen molar-refractivity contribution >= 4 is 44.9 Å². The van der Waals surface area contributed by atoms with Crippen molar-refractivity contribution in [1.82, 2.24) is 0 Å². The van der Waals surface area contributed by atoms with E-state index in [1.54, 1.807) is 19.1 Å². The van der Waals surface area contributed by atoms with E-state index in [0.717, 1.165) is 11.6 Å². The molecule has 5 nitrogen and oxygen atoms in total. The molecule has 8 heteroatoms. The minimum atomic E-state index is -3.99. The Kier molecular flexibility index (Phi) is 5.19. The Bertz CT molecular complexity index is 866. The molecule has 0 radical (unpaired) electrons. The molecular formula is C15H13Cl2NO4S. The molecule has 2 aromatic carbocycles. The first-order chi connectivity index (χ1) is 10.7. The number of nitrogens with one attached hydrogen (secondary N) is 1. The number of hydrogen-bond donors (Lipinski definition) is 1. The summed E-state index contributed by atoms with van der Waals surface area (Å²) in [6.45, 7) is 1.80. The van der Waals surface area contributed by atoms with Gasteiger partial charge in [-0.15, -0.1) is 0 Å². The van der Waals surface area contributed by atoms with Crippen molar-refractivity contribution in [3.63, 3.8) is 0 Å². The van der Waals surface area contributed by atoms with E-state index < -0.39 is 16.0 Å². The third kappa shape index (κ3) is 3.96. The zero-order valence-electron chi connectivity index (χ0n) is 12.3. The van der Waals surface area contributed by atoms with Crippen molar-refractivity contribution in [3.05, 3.63) is 57.6 Å². The van der Waals surface area contributed by atoms with Crippen LogP contribution in [0.15, 0.2) is 41.3 Å². The van der Waals surface area contributed by atoms with E-state index in [9.17, 15) is 13.2 Å². The zero-order valence-corrected chi connectivity index (χ0v) is 14.6. The summed E-state index contributed by atoms with van der Waals surface area (Å²) in [5.74, 6) is -0.656. The largest absolute Gasteiger partial charge is 0.465 e. The van der Waals surface area contributed by atoms with E-state index in [1.807, 2.05) is 0 Å².